The number of rotatable bonds is 5. The fraction of sp³-hybridized carbons (Fsp3) is 0.320. The summed E-state index contributed by atoms with van der Waals surface area (Å²) in [6, 6.07) is 17.2. The van der Waals surface area contributed by atoms with Gasteiger partial charge >= 0.3 is 5.97 Å². The van der Waals surface area contributed by atoms with E-state index in [2.05, 4.69) is 22.9 Å². The molecule has 0 aliphatic carbocycles. The van der Waals surface area contributed by atoms with Gasteiger partial charge in [-0.15, -0.1) is 0 Å². The molecule has 1 aliphatic heterocycles. The van der Waals surface area contributed by atoms with Crippen molar-refractivity contribution in [2.75, 3.05) is 13.2 Å². The minimum Gasteiger partial charge on any atom is -0.452 e. The van der Waals surface area contributed by atoms with E-state index in [4.69, 9.17) is 9.72 Å². The van der Waals surface area contributed by atoms with Crippen LogP contribution in [0.5, 0.6) is 0 Å². The number of pyridine rings is 1. The number of para-hydroxylation sites is 1. The number of halogens is 1. The third-order valence-corrected chi connectivity index (χ3v) is 6.30. The molecule has 0 radical (unpaired) electrons. The van der Waals surface area contributed by atoms with Gasteiger partial charge in [0.2, 0.25) is 0 Å². The van der Waals surface area contributed by atoms with Crippen molar-refractivity contribution in [1.82, 2.24) is 9.88 Å². The second-order valence-electron chi connectivity index (χ2n) is 7.80. The van der Waals surface area contributed by atoms with Crippen LogP contribution in [0.15, 0.2) is 59.1 Å². The third kappa shape index (κ3) is 4.79. The first kappa shape index (κ1) is 21.5. The molecule has 1 saturated heterocycles. The largest absolute Gasteiger partial charge is 0.452 e. The zero-order chi connectivity index (χ0) is 21.8. The van der Waals surface area contributed by atoms with E-state index >= 15 is 0 Å². The molecular formula is C25H25BrN2O3. The zero-order valence-electron chi connectivity index (χ0n) is 17.5. The predicted octanol–water partition coefficient (Wildman–Crippen LogP) is 5.61. The van der Waals surface area contributed by atoms with Crippen molar-refractivity contribution in [3.8, 4) is 11.3 Å². The Hall–Kier alpha value is -2.73. The number of benzene rings is 2. The molecule has 6 heteroatoms. The van der Waals surface area contributed by atoms with Gasteiger partial charge in [0, 0.05) is 28.0 Å². The molecule has 1 amide bonds. The van der Waals surface area contributed by atoms with Crippen LogP contribution in [0, 0.1) is 0 Å². The molecule has 0 bridgehead atoms. The Kier molecular flexibility index (Phi) is 6.66. The van der Waals surface area contributed by atoms with Crippen LogP contribution in [0.3, 0.4) is 0 Å². The van der Waals surface area contributed by atoms with E-state index in [0.29, 0.717) is 22.2 Å². The number of carbonyl (C=O) groups excluding carboxylic acids is 2. The summed E-state index contributed by atoms with van der Waals surface area (Å²) in [5, 5.41) is 0.711. The Morgan fingerprint density at radius 1 is 1.13 bits per heavy atom. The maximum Gasteiger partial charge on any atom is 0.339 e. The van der Waals surface area contributed by atoms with Crippen LogP contribution in [0.4, 0.5) is 0 Å². The van der Waals surface area contributed by atoms with Gasteiger partial charge in [0.15, 0.2) is 6.61 Å². The van der Waals surface area contributed by atoms with Gasteiger partial charge in [0.05, 0.1) is 16.8 Å². The van der Waals surface area contributed by atoms with Crippen LogP contribution in [-0.4, -0.2) is 41.0 Å². The summed E-state index contributed by atoms with van der Waals surface area (Å²) in [4.78, 5) is 32.3. The fourth-order valence-corrected chi connectivity index (χ4v) is 4.58. The van der Waals surface area contributed by atoms with Gasteiger partial charge in [0.1, 0.15) is 0 Å². The van der Waals surface area contributed by atoms with Crippen molar-refractivity contribution in [1.29, 1.82) is 0 Å². The molecule has 1 atom stereocenters. The summed E-state index contributed by atoms with van der Waals surface area (Å²) in [6.07, 6.45) is 4.08. The molecule has 1 aliphatic rings. The summed E-state index contributed by atoms with van der Waals surface area (Å²) in [7, 11) is 0. The maximum absolute atomic E-state index is 13.0. The Morgan fingerprint density at radius 2 is 1.97 bits per heavy atom. The number of nitrogens with zero attached hydrogens (tertiary/aromatic N) is 2. The van der Waals surface area contributed by atoms with Crippen LogP contribution in [0.2, 0.25) is 0 Å². The first-order valence-electron chi connectivity index (χ1n) is 10.7. The van der Waals surface area contributed by atoms with Crippen molar-refractivity contribution >= 4 is 38.7 Å². The highest BCUT2D eigenvalue weighted by molar-refractivity contribution is 9.10. The molecule has 1 aromatic heterocycles. The van der Waals surface area contributed by atoms with Gasteiger partial charge < -0.3 is 9.64 Å². The minimum atomic E-state index is -0.506. The molecule has 2 aromatic carbocycles. The van der Waals surface area contributed by atoms with Crippen molar-refractivity contribution in [3.05, 3.63) is 64.6 Å². The molecule has 1 fully saturated rings. The van der Waals surface area contributed by atoms with E-state index in [-0.39, 0.29) is 18.6 Å². The lowest BCUT2D eigenvalue weighted by Crippen LogP contribution is -2.45. The topological polar surface area (TPSA) is 59.5 Å². The smallest absolute Gasteiger partial charge is 0.339 e. The summed E-state index contributed by atoms with van der Waals surface area (Å²) in [6.45, 7) is 2.59. The second-order valence-corrected chi connectivity index (χ2v) is 8.72. The lowest BCUT2D eigenvalue weighted by Gasteiger charge is -2.35. The Morgan fingerprint density at radius 3 is 2.77 bits per heavy atom. The first-order valence-corrected chi connectivity index (χ1v) is 11.5. The summed E-state index contributed by atoms with van der Waals surface area (Å²) in [5.74, 6) is -0.626. The number of carbonyl (C=O) groups is 2. The van der Waals surface area contributed by atoms with Crippen molar-refractivity contribution in [2.24, 2.45) is 0 Å². The molecule has 5 nitrogen and oxygen atoms in total. The highest BCUT2D eigenvalue weighted by atomic mass is 79.9. The van der Waals surface area contributed by atoms with Crippen molar-refractivity contribution in [2.45, 2.75) is 38.6 Å². The molecule has 160 valence electrons. The molecule has 4 rings (SSSR count). The first-order chi connectivity index (χ1) is 15.1. The SMILES string of the molecule is CC[C@H]1CCCCN1C(=O)COC(=O)c1cc(-c2cccc(Br)c2)nc2ccccc12. The van der Waals surface area contributed by atoms with Crippen molar-refractivity contribution < 1.29 is 14.3 Å². The lowest BCUT2D eigenvalue weighted by atomic mass is 10.00. The molecular weight excluding hydrogens is 456 g/mol. The van der Waals surface area contributed by atoms with Crippen LogP contribution in [-0.2, 0) is 9.53 Å². The average molecular weight is 481 g/mol. The number of likely N-dealkylation sites (tertiary alicyclic amines) is 1. The zero-order valence-corrected chi connectivity index (χ0v) is 19.1. The number of piperidine rings is 1. The normalized spacial score (nSPS) is 16.3. The lowest BCUT2D eigenvalue weighted by molar-refractivity contribution is -0.138. The molecule has 0 N–H and O–H groups in total. The Bertz CT molecular complexity index is 1110. The van der Waals surface area contributed by atoms with Crippen LogP contribution < -0.4 is 0 Å². The minimum absolute atomic E-state index is 0.120. The summed E-state index contributed by atoms with van der Waals surface area (Å²) in [5.41, 5.74) is 2.70. The average Bonchev–Trinajstić information content (AvgIpc) is 2.81. The van der Waals surface area contributed by atoms with Crippen LogP contribution in [0.25, 0.3) is 22.2 Å². The maximum atomic E-state index is 13.0. The fourth-order valence-electron chi connectivity index (χ4n) is 4.18. The standard InChI is InChI=1S/C25H25BrN2O3/c1-2-19-10-5-6-13-28(19)24(29)16-31-25(30)21-15-23(17-8-7-9-18(26)14-17)27-22-12-4-3-11-20(21)22/h3-4,7-9,11-12,14-15,19H,2,5-6,10,13,16H2,1H3/t19-/m0/s1. The van der Waals surface area contributed by atoms with E-state index in [0.717, 1.165) is 42.3 Å². The monoisotopic (exact) mass is 480 g/mol. The second kappa shape index (κ2) is 9.60. The van der Waals surface area contributed by atoms with E-state index in [1.54, 1.807) is 6.07 Å². The molecule has 0 spiro atoms. The molecule has 2 heterocycles. The number of esters is 1. The van der Waals surface area contributed by atoms with Gasteiger partial charge in [0.25, 0.3) is 5.91 Å². The third-order valence-electron chi connectivity index (χ3n) is 5.80. The van der Waals surface area contributed by atoms with Crippen LogP contribution in [0.1, 0.15) is 43.0 Å². The molecule has 3 aromatic rings. The Balaban J connectivity index is 1.59. The number of amides is 1. The number of aromatic nitrogens is 1. The summed E-state index contributed by atoms with van der Waals surface area (Å²) < 4.78 is 6.42. The number of hydrogen-bond donors (Lipinski definition) is 0. The number of fused-ring (bicyclic) bond motifs is 1. The summed E-state index contributed by atoms with van der Waals surface area (Å²) >= 11 is 3.48. The van der Waals surface area contributed by atoms with E-state index in [1.165, 1.54) is 0 Å². The van der Waals surface area contributed by atoms with Gasteiger partial charge in [-0.25, -0.2) is 9.78 Å². The van der Waals surface area contributed by atoms with E-state index in [1.807, 2.05) is 53.4 Å². The van der Waals surface area contributed by atoms with Gasteiger partial charge in [-0.05, 0) is 49.9 Å². The van der Waals surface area contributed by atoms with Crippen LogP contribution >= 0.6 is 15.9 Å². The molecule has 0 unspecified atom stereocenters. The highest BCUT2D eigenvalue weighted by Crippen LogP contribution is 2.27. The van der Waals surface area contributed by atoms with Gasteiger partial charge in [-0.3, -0.25) is 4.79 Å². The van der Waals surface area contributed by atoms with Gasteiger partial charge in [-0.2, -0.15) is 0 Å². The number of ether oxygens (including phenoxy) is 1. The van der Waals surface area contributed by atoms with E-state index < -0.39 is 5.97 Å². The predicted molar refractivity (Wildman–Crippen MR) is 125 cm³/mol. The van der Waals surface area contributed by atoms with E-state index in [9.17, 15) is 9.59 Å². The quantitative estimate of drug-likeness (QED) is 0.445. The highest BCUT2D eigenvalue weighted by Gasteiger charge is 2.26. The van der Waals surface area contributed by atoms with Crippen molar-refractivity contribution in [3.63, 3.8) is 0 Å². The molecule has 0 saturated carbocycles. The molecule has 31 heavy (non-hydrogen) atoms. The van der Waals surface area contributed by atoms with Gasteiger partial charge in [-0.1, -0.05) is 53.2 Å². The Labute approximate surface area is 190 Å². The number of hydrogen-bond acceptors (Lipinski definition) is 4.